The summed E-state index contributed by atoms with van der Waals surface area (Å²) in [6, 6.07) is 15.5. The Morgan fingerprint density at radius 1 is 0.944 bits per heavy atom. The van der Waals surface area contributed by atoms with Gasteiger partial charge in [0.25, 0.3) is 0 Å². The molecule has 1 N–H and O–H groups in total. The molecule has 12 heteroatoms. The van der Waals surface area contributed by atoms with Crippen molar-refractivity contribution >= 4 is 69.8 Å². The lowest BCUT2D eigenvalue weighted by molar-refractivity contribution is -0.113. The van der Waals surface area contributed by atoms with Gasteiger partial charge in [-0.2, -0.15) is 0 Å². The van der Waals surface area contributed by atoms with E-state index in [1.165, 1.54) is 18.9 Å². The molecule has 0 bridgehead atoms. The SMILES string of the molecule is COc1ccc(-n2c(SCC(=O)Nc3cccc(Cl)c3Cl)nnc2-c2cc(Cl)ccc2OC)cc1Cl. The minimum atomic E-state index is -0.298. The van der Waals surface area contributed by atoms with E-state index in [-0.39, 0.29) is 16.7 Å². The minimum absolute atomic E-state index is 0.0253. The number of carbonyl (C=O) groups excluding carboxylic acids is 1. The monoisotopic (exact) mass is 582 g/mol. The Kier molecular flexibility index (Phi) is 8.54. The zero-order valence-electron chi connectivity index (χ0n) is 18.9. The number of rotatable bonds is 8. The van der Waals surface area contributed by atoms with Gasteiger partial charge < -0.3 is 14.8 Å². The summed E-state index contributed by atoms with van der Waals surface area (Å²) in [5, 5.41) is 13.4. The second-order valence-corrected chi connectivity index (χ2v) is 9.81. The molecule has 0 atom stereocenters. The first-order valence-electron chi connectivity index (χ1n) is 10.3. The Morgan fingerprint density at radius 3 is 2.42 bits per heavy atom. The van der Waals surface area contributed by atoms with Gasteiger partial charge in [0.2, 0.25) is 5.91 Å². The maximum Gasteiger partial charge on any atom is 0.234 e. The van der Waals surface area contributed by atoms with Gasteiger partial charge in [-0.1, -0.05) is 64.2 Å². The molecule has 0 saturated heterocycles. The van der Waals surface area contributed by atoms with E-state index in [0.717, 1.165) is 0 Å². The Balaban J connectivity index is 1.70. The van der Waals surface area contributed by atoms with E-state index in [1.54, 1.807) is 60.2 Å². The van der Waals surface area contributed by atoms with Crippen molar-refractivity contribution in [2.75, 3.05) is 25.3 Å². The van der Waals surface area contributed by atoms with Crippen LogP contribution >= 0.6 is 58.2 Å². The van der Waals surface area contributed by atoms with Gasteiger partial charge in [-0.25, -0.2) is 0 Å². The second-order valence-electron chi connectivity index (χ2n) is 7.24. The predicted molar refractivity (Wildman–Crippen MR) is 146 cm³/mol. The fraction of sp³-hybridized carbons (Fsp3) is 0.125. The smallest absolute Gasteiger partial charge is 0.234 e. The lowest BCUT2D eigenvalue weighted by Gasteiger charge is -2.14. The molecule has 186 valence electrons. The standard InChI is InChI=1S/C24H18Cl4N4O3S/c1-34-19-8-6-13(25)10-15(19)23-30-31-24(32(23)14-7-9-20(35-2)17(27)11-14)36-12-21(33)29-18-5-3-4-16(26)22(18)28/h3-11H,12H2,1-2H3,(H,29,33). The van der Waals surface area contributed by atoms with Crippen LogP contribution in [-0.2, 0) is 4.79 Å². The van der Waals surface area contributed by atoms with Gasteiger partial charge in [-0.3, -0.25) is 9.36 Å². The molecular formula is C24H18Cl4N4O3S. The van der Waals surface area contributed by atoms with Crippen LogP contribution in [0.5, 0.6) is 11.5 Å². The number of hydrogen-bond acceptors (Lipinski definition) is 6. The summed E-state index contributed by atoms with van der Waals surface area (Å²) in [5.74, 6) is 1.25. The van der Waals surface area contributed by atoms with Gasteiger partial charge in [-0.05, 0) is 48.5 Å². The van der Waals surface area contributed by atoms with E-state index >= 15 is 0 Å². The molecule has 3 aromatic carbocycles. The van der Waals surface area contributed by atoms with Crippen LogP contribution in [-0.4, -0.2) is 40.6 Å². The zero-order chi connectivity index (χ0) is 25.8. The minimum Gasteiger partial charge on any atom is -0.496 e. The van der Waals surface area contributed by atoms with E-state index < -0.39 is 0 Å². The molecule has 0 spiro atoms. The number of benzene rings is 3. The predicted octanol–water partition coefficient (Wildman–Crippen LogP) is 7.30. The molecular weight excluding hydrogens is 566 g/mol. The highest BCUT2D eigenvalue weighted by Gasteiger charge is 2.21. The lowest BCUT2D eigenvalue weighted by Crippen LogP contribution is -2.15. The first kappa shape index (κ1) is 26.4. The van der Waals surface area contributed by atoms with Crippen molar-refractivity contribution in [2.45, 2.75) is 5.16 Å². The highest BCUT2D eigenvalue weighted by atomic mass is 35.5. The number of aromatic nitrogens is 3. The average Bonchev–Trinajstić information content (AvgIpc) is 3.29. The summed E-state index contributed by atoms with van der Waals surface area (Å²) in [6.07, 6.45) is 0. The highest BCUT2D eigenvalue weighted by molar-refractivity contribution is 7.99. The molecule has 1 heterocycles. The molecule has 0 aliphatic carbocycles. The number of nitrogens with one attached hydrogen (secondary N) is 1. The number of ether oxygens (including phenoxy) is 2. The van der Waals surface area contributed by atoms with Crippen molar-refractivity contribution in [3.63, 3.8) is 0 Å². The van der Waals surface area contributed by atoms with Gasteiger partial charge in [0.15, 0.2) is 11.0 Å². The second kappa shape index (κ2) is 11.6. The van der Waals surface area contributed by atoms with Crippen LogP contribution in [0.4, 0.5) is 5.69 Å². The number of methoxy groups -OCH3 is 2. The van der Waals surface area contributed by atoms with Crippen molar-refractivity contribution < 1.29 is 14.3 Å². The molecule has 0 fully saturated rings. The van der Waals surface area contributed by atoms with Gasteiger partial charge in [0.05, 0.1) is 52.0 Å². The summed E-state index contributed by atoms with van der Waals surface area (Å²) < 4.78 is 12.6. The van der Waals surface area contributed by atoms with Gasteiger partial charge in [0, 0.05) is 5.02 Å². The first-order valence-corrected chi connectivity index (χ1v) is 12.8. The van der Waals surface area contributed by atoms with Crippen molar-refractivity contribution in [2.24, 2.45) is 0 Å². The van der Waals surface area contributed by atoms with Crippen LogP contribution in [0.15, 0.2) is 59.8 Å². The van der Waals surface area contributed by atoms with Crippen LogP contribution in [0.3, 0.4) is 0 Å². The average molecular weight is 584 g/mol. The maximum atomic E-state index is 12.7. The van der Waals surface area contributed by atoms with Crippen LogP contribution in [0, 0.1) is 0 Å². The van der Waals surface area contributed by atoms with E-state index in [9.17, 15) is 4.79 Å². The number of halogens is 4. The fourth-order valence-electron chi connectivity index (χ4n) is 3.34. The van der Waals surface area contributed by atoms with E-state index in [1.807, 2.05) is 6.07 Å². The maximum absolute atomic E-state index is 12.7. The lowest BCUT2D eigenvalue weighted by atomic mass is 10.2. The fourth-order valence-corrected chi connectivity index (χ4v) is 4.86. The van der Waals surface area contributed by atoms with E-state index in [4.69, 9.17) is 55.9 Å². The molecule has 36 heavy (non-hydrogen) atoms. The summed E-state index contributed by atoms with van der Waals surface area (Å²) in [4.78, 5) is 12.7. The third-order valence-corrected chi connectivity index (χ3v) is 7.27. The third kappa shape index (κ3) is 5.68. The van der Waals surface area contributed by atoms with Crippen LogP contribution < -0.4 is 14.8 Å². The van der Waals surface area contributed by atoms with Crippen LogP contribution in [0.25, 0.3) is 17.1 Å². The summed E-state index contributed by atoms with van der Waals surface area (Å²) in [5.41, 5.74) is 1.69. The van der Waals surface area contributed by atoms with E-state index in [0.29, 0.717) is 54.5 Å². The van der Waals surface area contributed by atoms with Gasteiger partial charge in [-0.15, -0.1) is 10.2 Å². The molecule has 0 aliphatic heterocycles. The summed E-state index contributed by atoms with van der Waals surface area (Å²) >= 11 is 26.1. The van der Waals surface area contributed by atoms with Crippen molar-refractivity contribution in [1.82, 2.24) is 14.8 Å². The number of anilines is 1. The van der Waals surface area contributed by atoms with E-state index in [2.05, 4.69) is 15.5 Å². The number of thioether (sulfide) groups is 1. The molecule has 0 unspecified atom stereocenters. The number of nitrogens with zero attached hydrogens (tertiary/aromatic N) is 3. The zero-order valence-corrected chi connectivity index (χ0v) is 22.7. The Morgan fingerprint density at radius 2 is 1.69 bits per heavy atom. The summed E-state index contributed by atoms with van der Waals surface area (Å²) in [7, 11) is 3.09. The highest BCUT2D eigenvalue weighted by Crippen LogP contribution is 2.37. The molecule has 1 aromatic heterocycles. The quantitative estimate of drug-likeness (QED) is 0.219. The number of hydrogen-bond donors (Lipinski definition) is 1. The van der Waals surface area contributed by atoms with Crippen molar-refractivity contribution in [3.05, 3.63) is 74.7 Å². The molecule has 0 aliphatic rings. The normalized spacial score (nSPS) is 10.8. The number of amides is 1. The molecule has 1 amide bonds. The topological polar surface area (TPSA) is 78.3 Å². The Hall–Kier alpha value is -2.62. The molecule has 4 rings (SSSR count). The van der Waals surface area contributed by atoms with Gasteiger partial charge >= 0.3 is 0 Å². The molecule has 0 radical (unpaired) electrons. The molecule has 4 aromatic rings. The third-order valence-electron chi connectivity index (χ3n) is 4.99. The molecule has 0 saturated carbocycles. The summed E-state index contributed by atoms with van der Waals surface area (Å²) in [6.45, 7) is 0. The van der Waals surface area contributed by atoms with Gasteiger partial charge in [0.1, 0.15) is 11.5 Å². The Labute approximate surface area is 231 Å². The van der Waals surface area contributed by atoms with Crippen LogP contribution in [0.2, 0.25) is 20.1 Å². The van der Waals surface area contributed by atoms with Crippen molar-refractivity contribution in [1.29, 1.82) is 0 Å². The Bertz CT molecular complexity index is 1430. The molecule has 7 nitrogen and oxygen atoms in total. The number of carbonyl (C=O) groups is 1. The largest absolute Gasteiger partial charge is 0.496 e. The first-order chi connectivity index (χ1) is 17.3. The van der Waals surface area contributed by atoms with Crippen molar-refractivity contribution in [3.8, 4) is 28.6 Å². The van der Waals surface area contributed by atoms with Crippen LogP contribution in [0.1, 0.15) is 0 Å².